The number of methoxy groups -OCH3 is 1. The lowest BCUT2D eigenvalue weighted by atomic mass is 10.1. The fraction of sp³-hybridized carbons (Fsp3) is 0.588. The molecule has 1 aliphatic rings. The lowest BCUT2D eigenvalue weighted by Crippen LogP contribution is -2.42. The zero-order valence-electron chi connectivity index (χ0n) is 13.6. The Labute approximate surface area is 137 Å². The van der Waals surface area contributed by atoms with Gasteiger partial charge in [-0.1, -0.05) is 18.5 Å². The van der Waals surface area contributed by atoms with Crippen molar-refractivity contribution in [2.24, 2.45) is 0 Å². The molecule has 1 aliphatic heterocycles. The molecule has 122 valence electrons. The molecule has 1 heterocycles. The highest BCUT2D eigenvalue weighted by Crippen LogP contribution is 2.26. The molecule has 1 aromatic carbocycles. The number of likely N-dealkylation sites (tertiary alicyclic amines) is 1. The Morgan fingerprint density at radius 2 is 2.09 bits per heavy atom. The summed E-state index contributed by atoms with van der Waals surface area (Å²) in [6.45, 7) is 7.16. The van der Waals surface area contributed by atoms with Gasteiger partial charge in [0.2, 0.25) is 0 Å². The third kappa shape index (κ3) is 4.14. The third-order valence-corrected chi connectivity index (χ3v) is 4.64. The van der Waals surface area contributed by atoms with Gasteiger partial charge in [-0.15, -0.1) is 0 Å². The van der Waals surface area contributed by atoms with Gasteiger partial charge >= 0.3 is 0 Å². The van der Waals surface area contributed by atoms with Crippen LogP contribution in [-0.4, -0.2) is 43.6 Å². The Bertz CT molecular complexity index is 528. The first kappa shape index (κ1) is 17.1. The Balaban J connectivity index is 2.08. The van der Waals surface area contributed by atoms with Crippen molar-refractivity contribution in [3.63, 3.8) is 0 Å². The van der Waals surface area contributed by atoms with E-state index in [1.165, 1.54) is 12.8 Å². The summed E-state index contributed by atoms with van der Waals surface area (Å²) in [5.41, 5.74) is 1.40. The fourth-order valence-corrected chi connectivity index (χ4v) is 2.98. The first-order chi connectivity index (χ1) is 10.5. The standard InChI is InChI=1S/C17H25ClN2O2/c1-4-13(11-20-7-5-6-8-20)19-17(21)14-10-15(18)12(2)9-16(14)22-3/h9-10,13H,4-8,11H2,1-3H3,(H,19,21). The fourth-order valence-electron chi connectivity index (χ4n) is 2.82. The summed E-state index contributed by atoms with van der Waals surface area (Å²) >= 11 is 6.15. The Kier molecular flexibility index (Phi) is 6.09. The number of hydrogen-bond acceptors (Lipinski definition) is 3. The lowest BCUT2D eigenvalue weighted by Gasteiger charge is -2.24. The van der Waals surface area contributed by atoms with Crippen molar-refractivity contribution >= 4 is 17.5 Å². The second-order valence-electron chi connectivity index (χ2n) is 5.89. The lowest BCUT2D eigenvalue weighted by molar-refractivity contribution is 0.0923. The molecule has 2 rings (SSSR count). The van der Waals surface area contributed by atoms with Gasteiger partial charge in [0.1, 0.15) is 5.75 Å². The summed E-state index contributed by atoms with van der Waals surface area (Å²) in [6.07, 6.45) is 3.42. The van der Waals surface area contributed by atoms with E-state index in [4.69, 9.17) is 16.3 Å². The van der Waals surface area contributed by atoms with Crippen LogP contribution in [0.1, 0.15) is 42.1 Å². The SMILES string of the molecule is CCC(CN1CCCC1)NC(=O)c1cc(Cl)c(C)cc1OC. The van der Waals surface area contributed by atoms with E-state index >= 15 is 0 Å². The number of ether oxygens (including phenoxy) is 1. The molecule has 1 unspecified atom stereocenters. The van der Waals surface area contributed by atoms with Crippen molar-refractivity contribution in [2.45, 2.75) is 39.2 Å². The predicted molar refractivity (Wildman–Crippen MR) is 90.0 cm³/mol. The maximum atomic E-state index is 12.6. The Morgan fingerprint density at radius 3 is 2.68 bits per heavy atom. The summed E-state index contributed by atoms with van der Waals surface area (Å²) in [7, 11) is 1.57. The van der Waals surface area contributed by atoms with Crippen LogP contribution in [0.2, 0.25) is 5.02 Å². The number of nitrogens with one attached hydrogen (secondary N) is 1. The summed E-state index contributed by atoms with van der Waals surface area (Å²) in [6, 6.07) is 3.64. The van der Waals surface area contributed by atoms with Crippen molar-refractivity contribution in [3.8, 4) is 5.75 Å². The van der Waals surface area contributed by atoms with Crippen LogP contribution in [0.15, 0.2) is 12.1 Å². The zero-order chi connectivity index (χ0) is 16.1. The normalized spacial score (nSPS) is 16.5. The molecule has 1 atom stereocenters. The van der Waals surface area contributed by atoms with Crippen molar-refractivity contribution < 1.29 is 9.53 Å². The molecule has 0 aromatic heterocycles. The van der Waals surface area contributed by atoms with E-state index in [1.54, 1.807) is 19.2 Å². The Hall–Kier alpha value is -1.26. The van der Waals surface area contributed by atoms with Crippen molar-refractivity contribution in [3.05, 3.63) is 28.3 Å². The molecular formula is C17H25ClN2O2. The first-order valence-corrected chi connectivity index (χ1v) is 8.30. The van der Waals surface area contributed by atoms with Crippen LogP contribution in [-0.2, 0) is 0 Å². The molecular weight excluding hydrogens is 300 g/mol. The van der Waals surface area contributed by atoms with Crippen molar-refractivity contribution in [2.75, 3.05) is 26.7 Å². The van der Waals surface area contributed by atoms with E-state index in [-0.39, 0.29) is 11.9 Å². The molecule has 0 aliphatic carbocycles. The molecule has 22 heavy (non-hydrogen) atoms. The molecule has 1 aromatic rings. The number of nitrogens with zero attached hydrogens (tertiary/aromatic N) is 1. The van der Waals surface area contributed by atoms with E-state index in [2.05, 4.69) is 17.1 Å². The number of carbonyl (C=O) groups excluding carboxylic acids is 1. The van der Waals surface area contributed by atoms with Crippen LogP contribution in [0.4, 0.5) is 0 Å². The second-order valence-corrected chi connectivity index (χ2v) is 6.30. The van der Waals surface area contributed by atoms with E-state index < -0.39 is 0 Å². The molecule has 1 fully saturated rings. The number of benzene rings is 1. The molecule has 0 radical (unpaired) electrons. The van der Waals surface area contributed by atoms with Gasteiger partial charge in [0.15, 0.2) is 0 Å². The summed E-state index contributed by atoms with van der Waals surface area (Å²) < 4.78 is 5.32. The number of halogens is 1. The molecule has 0 spiro atoms. The number of carbonyl (C=O) groups is 1. The van der Waals surface area contributed by atoms with Gasteiger partial charge in [-0.2, -0.15) is 0 Å². The van der Waals surface area contributed by atoms with Gasteiger partial charge in [0.05, 0.1) is 12.7 Å². The molecule has 1 saturated heterocycles. The van der Waals surface area contributed by atoms with Crippen LogP contribution in [0, 0.1) is 6.92 Å². The van der Waals surface area contributed by atoms with Gasteiger partial charge in [-0.05, 0) is 57.0 Å². The summed E-state index contributed by atoms with van der Waals surface area (Å²) in [5.74, 6) is 0.445. The quantitative estimate of drug-likeness (QED) is 0.873. The molecule has 1 amide bonds. The molecule has 5 heteroatoms. The van der Waals surface area contributed by atoms with E-state index in [9.17, 15) is 4.79 Å². The summed E-state index contributed by atoms with van der Waals surface area (Å²) in [5, 5.41) is 3.69. The van der Waals surface area contributed by atoms with Crippen LogP contribution in [0.3, 0.4) is 0 Å². The van der Waals surface area contributed by atoms with Crippen LogP contribution in [0.5, 0.6) is 5.75 Å². The van der Waals surface area contributed by atoms with Crippen LogP contribution in [0.25, 0.3) is 0 Å². The van der Waals surface area contributed by atoms with Crippen molar-refractivity contribution in [1.29, 1.82) is 0 Å². The molecule has 1 N–H and O–H groups in total. The minimum atomic E-state index is -0.121. The van der Waals surface area contributed by atoms with Crippen molar-refractivity contribution in [1.82, 2.24) is 10.2 Å². The highest BCUT2D eigenvalue weighted by molar-refractivity contribution is 6.31. The zero-order valence-corrected chi connectivity index (χ0v) is 14.4. The summed E-state index contributed by atoms with van der Waals surface area (Å²) in [4.78, 5) is 15.0. The number of amides is 1. The monoisotopic (exact) mass is 324 g/mol. The topological polar surface area (TPSA) is 41.6 Å². The molecule has 0 bridgehead atoms. The van der Waals surface area contributed by atoms with Gasteiger partial charge in [0.25, 0.3) is 5.91 Å². The smallest absolute Gasteiger partial charge is 0.255 e. The second kappa shape index (κ2) is 7.84. The molecule has 4 nitrogen and oxygen atoms in total. The van der Waals surface area contributed by atoms with Gasteiger partial charge in [-0.3, -0.25) is 4.79 Å². The first-order valence-electron chi connectivity index (χ1n) is 7.92. The van der Waals surface area contributed by atoms with E-state index in [1.807, 2.05) is 6.92 Å². The minimum Gasteiger partial charge on any atom is -0.496 e. The number of aryl methyl sites for hydroxylation is 1. The van der Waals surface area contributed by atoms with E-state index in [0.717, 1.165) is 31.6 Å². The van der Waals surface area contributed by atoms with Crippen LogP contribution < -0.4 is 10.1 Å². The van der Waals surface area contributed by atoms with Crippen LogP contribution >= 0.6 is 11.6 Å². The molecule has 0 saturated carbocycles. The number of hydrogen-bond donors (Lipinski definition) is 1. The minimum absolute atomic E-state index is 0.121. The Morgan fingerprint density at radius 1 is 1.41 bits per heavy atom. The van der Waals surface area contributed by atoms with Gasteiger partial charge in [-0.25, -0.2) is 0 Å². The van der Waals surface area contributed by atoms with E-state index in [0.29, 0.717) is 16.3 Å². The van der Waals surface area contributed by atoms with Gasteiger partial charge < -0.3 is 15.0 Å². The van der Waals surface area contributed by atoms with Gasteiger partial charge in [0, 0.05) is 17.6 Å². The maximum absolute atomic E-state index is 12.6. The predicted octanol–water partition coefficient (Wildman–Crippen LogP) is 3.26. The largest absolute Gasteiger partial charge is 0.496 e. The maximum Gasteiger partial charge on any atom is 0.255 e. The highest BCUT2D eigenvalue weighted by atomic mass is 35.5. The average Bonchev–Trinajstić information content (AvgIpc) is 3.01. The highest BCUT2D eigenvalue weighted by Gasteiger charge is 2.21. The number of rotatable bonds is 6. The third-order valence-electron chi connectivity index (χ3n) is 4.23. The average molecular weight is 325 g/mol.